The van der Waals surface area contributed by atoms with E-state index in [1.54, 1.807) is 6.92 Å². The minimum Gasteiger partial charge on any atom is -0.377 e. The Bertz CT molecular complexity index is 1010. The van der Waals surface area contributed by atoms with Crippen molar-refractivity contribution in [2.75, 3.05) is 26.4 Å². The van der Waals surface area contributed by atoms with Crippen LogP contribution in [0.15, 0.2) is 34.9 Å². The zero-order valence-electron chi connectivity index (χ0n) is 17.4. The van der Waals surface area contributed by atoms with Crippen molar-refractivity contribution >= 4 is 5.91 Å². The third-order valence-electron chi connectivity index (χ3n) is 5.15. The lowest BCUT2D eigenvalue weighted by Gasteiger charge is -2.36. The molecule has 1 saturated heterocycles. The molecule has 0 spiro atoms. The highest BCUT2D eigenvalue weighted by Gasteiger charge is 2.33. The van der Waals surface area contributed by atoms with E-state index in [1.807, 2.05) is 53.8 Å². The Kier molecular flexibility index (Phi) is 5.91. The molecule has 0 radical (unpaired) electrons. The van der Waals surface area contributed by atoms with Crippen LogP contribution >= 0.6 is 0 Å². The van der Waals surface area contributed by atoms with Crippen LogP contribution in [0.3, 0.4) is 0 Å². The van der Waals surface area contributed by atoms with Crippen LogP contribution in [0.25, 0.3) is 5.69 Å². The van der Waals surface area contributed by atoms with E-state index in [1.165, 1.54) is 0 Å². The van der Waals surface area contributed by atoms with Gasteiger partial charge in [0.05, 0.1) is 30.6 Å². The first kappa shape index (κ1) is 20.2. The van der Waals surface area contributed by atoms with E-state index in [4.69, 9.17) is 19.1 Å². The second-order valence-corrected chi connectivity index (χ2v) is 7.24. The number of amides is 1. The average Bonchev–Trinajstić information content (AvgIpc) is 3.30. The lowest BCUT2D eigenvalue weighted by Crippen LogP contribution is -2.45. The summed E-state index contributed by atoms with van der Waals surface area (Å²) in [5.74, 6) is 0.787. The number of hydrogen-bond acceptors (Lipinski definition) is 7. The number of nitrogens with zero attached hydrogens (tertiary/aromatic N) is 5. The maximum absolute atomic E-state index is 12.9. The number of morpholine rings is 1. The summed E-state index contributed by atoms with van der Waals surface area (Å²) in [4.78, 5) is 18.8. The molecule has 3 heterocycles. The first-order valence-corrected chi connectivity index (χ1v) is 9.90. The molecule has 2 aromatic heterocycles. The molecule has 0 aliphatic carbocycles. The first-order valence-electron chi connectivity index (χ1n) is 9.90. The number of hydrogen-bond donors (Lipinski definition) is 0. The number of rotatable bonds is 6. The molecule has 1 fully saturated rings. The Morgan fingerprint density at radius 3 is 2.77 bits per heavy atom. The predicted octanol–water partition coefficient (Wildman–Crippen LogP) is 2.30. The molecular formula is C21H25N5O4. The van der Waals surface area contributed by atoms with E-state index in [9.17, 15) is 4.79 Å². The third kappa shape index (κ3) is 4.12. The Morgan fingerprint density at radius 2 is 2.03 bits per heavy atom. The van der Waals surface area contributed by atoms with Gasteiger partial charge in [0.2, 0.25) is 5.91 Å². The molecule has 9 heteroatoms. The summed E-state index contributed by atoms with van der Waals surface area (Å²) in [6, 6.07) is 9.74. The monoisotopic (exact) mass is 411 g/mol. The van der Waals surface area contributed by atoms with Gasteiger partial charge in [-0.2, -0.15) is 10.1 Å². The predicted molar refractivity (Wildman–Crippen MR) is 107 cm³/mol. The van der Waals surface area contributed by atoms with E-state index in [0.29, 0.717) is 31.5 Å². The zero-order valence-corrected chi connectivity index (χ0v) is 17.4. The van der Waals surface area contributed by atoms with Crippen LogP contribution < -0.4 is 0 Å². The Morgan fingerprint density at radius 1 is 1.23 bits per heavy atom. The summed E-state index contributed by atoms with van der Waals surface area (Å²) in [5, 5.41) is 8.43. The first-order chi connectivity index (χ1) is 14.5. The SMILES string of the molecule is Cc1noc(COCC(=O)N2CCOCC2c2c(C)nn(-c3ccccc3)c2C)n1. The van der Waals surface area contributed by atoms with E-state index in [-0.39, 0.29) is 25.2 Å². The van der Waals surface area contributed by atoms with Gasteiger partial charge in [-0.25, -0.2) is 4.68 Å². The maximum Gasteiger partial charge on any atom is 0.252 e. The van der Waals surface area contributed by atoms with Crippen LogP contribution in [-0.2, 0) is 20.9 Å². The number of carbonyl (C=O) groups excluding carboxylic acids is 1. The van der Waals surface area contributed by atoms with Crippen LogP contribution in [0.4, 0.5) is 0 Å². The standard InChI is InChI=1S/C21H25N5O4/c1-14-21(15(2)26(23-14)17-7-5-4-6-8-17)18-11-28-10-9-25(18)20(27)13-29-12-19-22-16(3)24-30-19/h4-8,18H,9-13H2,1-3H3. The second-order valence-electron chi connectivity index (χ2n) is 7.24. The van der Waals surface area contributed by atoms with Gasteiger partial charge in [-0.15, -0.1) is 0 Å². The highest BCUT2D eigenvalue weighted by Crippen LogP contribution is 2.30. The van der Waals surface area contributed by atoms with E-state index in [2.05, 4.69) is 10.1 Å². The van der Waals surface area contributed by atoms with Crippen molar-refractivity contribution in [2.45, 2.75) is 33.4 Å². The van der Waals surface area contributed by atoms with Crippen LogP contribution in [-0.4, -0.2) is 57.1 Å². The van der Waals surface area contributed by atoms with Crippen molar-refractivity contribution < 1.29 is 18.8 Å². The van der Waals surface area contributed by atoms with Gasteiger partial charge in [0.1, 0.15) is 13.2 Å². The lowest BCUT2D eigenvalue weighted by molar-refractivity contribution is -0.145. The fourth-order valence-electron chi connectivity index (χ4n) is 3.81. The minimum atomic E-state index is -0.210. The van der Waals surface area contributed by atoms with Crippen LogP contribution in [0.5, 0.6) is 0 Å². The highest BCUT2D eigenvalue weighted by molar-refractivity contribution is 5.78. The fourth-order valence-corrected chi connectivity index (χ4v) is 3.81. The van der Waals surface area contributed by atoms with Gasteiger partial charge >= 0.3 is 0 Å². The van der Waals surface area contributed by atoms with Gasteiger partial charge in [-0.3, -0.25) is 4.79 Å². The molecule has 0 bridgehead atoms. The molecule has 1 atom stereocenters. The molecule has 9 nitrogen and oxygen atoms in total. The van der Waals surface area contributed by atoms with Gasteiger partial charge in [0, 0.05) is 17.8 Å². The average molecular weight is 411 g/mol. The van der Waals surface area contributed by atoms with Crippen LogP contribution in [0.1, 0.15) is 34.7 Å². The Hall–Kier alpha value is -3.04. The number of aryl methyl sites for hydroxylation is 2. The molecule has 1 unspecified atom stereocenters. The summed E-state index contributed by atoms with van der Waals surface area (Å²) in [7, 11) is 0. The normalized spacial score (nSPS) is 16.8. The molecule has 0 N–H and O–H groups in total. The van der Waals surface area contributed by atoms with E-state index < -0.39 is 0 Å². The fraction of sp³-hybridized carbons (Fsp3) is 0.429. The topological polar surface area (TPSA) is 95.5 Å². The molecule has 1 aromatic carbocycles. The lowest BCUT2D eigenvalue weighted by atomic mass is 10.0. The van der Waals surface area contributed by atoms with Crippen molar-refractivity contribution in [2.24, 2.45) is 0 Å². The third-order valence-corrected chi connectivity index (χ3v) is 5.15. The number of carbonyl (C=O) groups is 1. The molecule has 3 aromatic rings. The van der Waals surface area contributed by atoms with Gasteiger partial charge in [0.15, 0.2) is 5.82 Å². The quantitative estimate of drug-likeness (QED) is 0.614. The number of benzene rings is 1. The second kappa shape index (κ2) is 8.76. The van der Waals surface area contributed by atoms with Crippen molar-refractivity contribution in [3.8, 4) is 5.69 Å². The summed E-state index contributed by atoms with van der Waals surface area (Å²) in [6.45, 7) is 7.18. The molecule has 30 heavy (non-hydrogen) atoms. The molecule has 1 amide bonds. The Balaban J connectivity index is 1.51. The minimum absolute atomic E-state index is 0.0666. The van der Waals surface area contributed by atoms with Gasteiger partial charge < -0.3 is 18.9 Å². The van der Waals surface area contributed by atoms with Gasteiger partial charge in [0.25, 0.3) is 5.89 Å². The van der Waals surface area contributed by atoms with Crippen molar-refractivity contribution in [1.82, 2.24) is 24.8 Å². The smallest absolute Gasteiger partial charge is 0.252 e. The summed E-state index contributed by atoms with van der Waals surface area (Å²) in [5.41, 5.74) is 3.87. The van der Waals surface area contributed by atoms with Crippen LogP contribution in [0, 0.1) is 20.8 Å². The molecule has 1 aliphatic rings. The van der Waals surface area contributed by atoms with Gasteiger partial charge in [-0.1, -0.05) is 23.4 Å². The van der Waals surface area contributed by atoms with Crippen molar-refractivity contribution in [3.63, 3.8) is 0 Å². The number of para-hydroxylation sites is 1. The van der Waals surface area contributed by atoms with Crippen molar-refractivity contribution in [3.05, 3.63) is 59.0 Å². The van der Waals surface area contributed by atoms with E-state index >= 15 is 0 Å². The number of aromatic nitrogens is 4. The maximum atomic E-state index is 12.9. The van der Waals surface area contributed by atoms with Crippen molar-refractivity contribution in [1.29, 1.82) is 0 Å². The largest absolute Gasteiger partial charge is 0.377 e. The van der Waals surface area contributed by atoms with Gasteiger partial charge in [-0.05, 0) is 32.9 Å². The number of ether oxygens (including phenoxy) is 2. The summed E-state index contributed by atoms with van der Waals surface area (Å²) < 4.78 is 18.2. The highest BCUT2D eigenvalue weighted by atomic mass is 16.5. The summed E-state index contributed by atoms with van der Waals surface area (Å²) >= 11 is 0. The zero-order chi connectivity index (χ0) is 21.1. The molecule has 0 saturated carbocycles. The molecule has 4 rings (SSSR count). The Labute approximate surface area is 174 Å². The molecule has 158 valence electrons. The van der Waals surface area contributed by atoms with E-state index in [0.717, 1.165) is 22.6 Å². The molecular weight excluding hydrogens is 386 g/mol. The molecule has 1 aliphatic heterocycles. The summed E-state index contributed by atoms with van der Waals surface area (Å²) in [6.07, 6.45) is 0. The van der Waals surface area contributed by atoms with Crippen LogP contribution in [0.2, 0.25) is 0 Å².